The van der Waals surface area contributed by atoms with Gasteiger partial charge in [-0.25, -0.2) is 14.2 Å². The predicted octanol–water partition coefficient (Wildman–Crippen LogP) is 4.55. The third-order valence-electron chi connectivity index (χ3n) is 7.39. The number of aromatic nitrogens is 1. The van der Waals surface area contributed by atoms with E-state index < -0.39 is 11.9 Å². The zero-order valence-electron chi connectivity index (χ0n) is 21.6. The molecule has 6 rings (SSSR count). The van der Waals surface area contributed by atoms with Gasteiger partial charge in [-0.05, 0) is 73.8 Å². The molecule has 0 radical (unpaired) electrons. The van der Waals surface area contributed by atoms with Gasteiger partial charge in [0, 0.05) is 46.1 Å². The number of ether oxygens (including phenoxy) is 2. The van der Waals surface area contributed by atoms with Crippen molar-refractivity contribution in [2.45, 2.75) is 44.4 Å². The Labute approximate surface area is 217 Å². The lowest BCUT2D eigenvalue weighted by atomic mass is 10.1. The Morgan fingerprint density at radius 2 is 1.78 bits per heavy atom. The zero-order chi connectivity index (χ0) is 25.9. The van der Waals surface area contributed by atoms with Crippen LogP contribution in [0.15, 0.2) is 30.5 Å². The van der Waals surface area contributed by atoms with Crippen LogP contribution in [-0.2, 0) is 9.47 Å². The van der Waals surface area contributed by atoms with Gasteiger partial charge in [-0.2, -0.15) is 0 Å². The molecule has 0 N–H and O–H groups in total. The summed E-state index contributed by atoms with van der Waals surface area (Å²) in [5, 5.41) is 0. The number of methoxy groups -OCH3 is 1. The van der Waals surface area contributed by atoms with Crippen molar-refractivity contribution in [1.82, 2.24) is 9.88 Å². The third-order valence-corrected chi connectivity index (χ3v) is 7.39. The first-order valence-electron chi connectivity index (χ1n) is 13.3. The summed E-state index contributed by atoms with van der Waals surface area (Å²) in [6.45, 7) is 5.85. The molecule has 0 bridgehead atoms. The summed E-state index contributed by atoms with van der Waals surface area (Å²) in [5.74, 6) is 1.43. The van der Waals surface area contributed by atoms with Crippen LogP contribution in [0.25, 0.3) is 0 Å². The molecule has 2 aromatic rings. The fourth-order valence-corrected chi connectivity index (χ4v) is 4.86. The van der Waals surface area contributed by atoms with Gasteiger partial charge in [0.05, 0.1) is 17.8 Å². The summed E-state index contributed by atoms with van der Waals surface area (Å²) >= 11 is 0. The second-order valence-corrected chi connectivity index (χ2v) is 10.0. The van der Waals surface area contributed by atoms with Crippen molar-refractivity contribution in [3.8, 4) is 0 Å². The van der Waals surface area contributed by atoms with E-state index in [4.69, 9.17) is 9.72 Å². The second kappa shape index (κ2) is 11.0. The Hall–Kier alpha value is -3.20. The van der Waals surface area contributed by atoms with Crippen molar-refractivity contribution in [2.24, 2.45) is 0 Å². The number of carbonyl (C=O) groups excluding carboxylic acids is 2. The average molecular weight is 511 g/mol. The molecule has 2 aliphatic carbocycles. The van der Waals surface area contributed by atoms with E-state index >= 15 is 0 Å². The molecule has 4 fully saturated rings. The first-order valence-corrected chi connectivity index (χ1v) is 13.3. The van der Waals surface area contributed by atoms with Crippen LogP contribution >= 0.6 is 0 Å². The van der Waals surface area contributed by atoms with Crippen molar-refractivity contribution in [1.29, 1.82) is 0 Å². The number of amides is 2. The summed E-state index contributed by atoms with van der Waals surface area (Å²) in [7, 11) is 1.68. The number of piperazine rings is 1. The normalized spacial score (nSPS) is 19.4. The van der Waals surface area contributed by atoms with E-state index in [1.54, 1.807) is 18.1 Å². The number of rotatable bonds is 6. The van der Waals surface area contributed by atoms with Crippen LogP contribution < -0.4 is 9.80 Å². The molecule has 2 saturated carbocycles. The first kappa shape index (κ1) is 25.4. The SMILES string of the molecule is CCOC.O=C(c1ccc(N2CCOC2=O)cc1F)N1CCN(c2ncc(C3CC3)cc2C2CC2)CC1. The van der Waals surface area contributed by atoms with E-state index in [0.717, 1.165) is 12.4 Å². The maximum atomic E-state index is 14.8. The average Bonchev–Trinajstić information content (AvgIpc) is 3.86. The van der Waals surface area contributed by atoms with E-state index in [2.05, 4.69) is 15.7 Å². The highest BCUT2D eigenvalue weighted by Gasteiger charge is 2.33. The molecule has 0 spiro atoms. The lowest BCUT2D eigenvalue weighted by Crippen LogP contribution is -2.49. The van der Waals surface area contributed by atoms with Crippen molar-refractivity contribution in [3.05, 3.63) is 53.0 Å². The molecule has 9 heteroatoms. The van der Waals surface area contributed by atoms with Gasteiger partial charge < -0.3 is 19.3 Å². The maximum absolute atomic E-state index is 14.8. The number of halogens is 1. The number of benzene rings is 1. The lowest BCUT2D eigenvalue weighted by Gasteiger charge is -2.36. The maximum Gasteiger partial charge on any atom is 0.414 e. The summed E-state index contributed by atoms with van der Waals surface area (Å²) in [5.41, 5.74) is 3.17. The Morgan fingerprint density at radius 3 is 2.35 bits per heavy atom. The number of hydrogen-bond acceptors (Lipinski definition) is 6. The number of anilines is 2. The molecule has 2 saturated heterocycles. The minimum absolute atomic E-state index is 0.0327. The van der Waals surface area contributed by atoms with Crippen molar-refractivity contribution in [2.75, 3.05) is 62.8 Å². The second-order valence-electron chi connectivity index (χ2n) is 10.0. The standard InChI is InChI=1S/C25H27FN4O3.C3H8O/c26-22-14-19(30-11-12-33-25(30)32)5-6-20(22)24(31)29-9-7-28(8-10-29)23-21(17-3-4-17)13-18(15-27-23)16-1-2-16;1-3-4-2/h5-6,13-17H,1-4,7-12H2;3H2,1-2H3. The highest BCUT2D eigenvalue weighted by molar-refractivity contribution is 5.96. The topological polar surface area (TPSA) is 75.2 Å². The van der Waals surface area contributed by atoms with E-state index in [0.29, 0.717) is 50.2 Å². The molecular weight excluding hydrogens is 475 g/mol. The summed E-state index contributed by atoms with van der Waals surface area (Å²) in [4.78, 5) is 34.9. The smallest absolute Gasteiger partial charge is 0.414 e. The van der Waals surface area contributed by atoms with Gasteiger partial charge >= 0.3 is 6.09 Å². The Balaban J connectivity index is 0.000000655. The van der Waals surface area contributed by atoms with Gasteiger partial charge in [-0.1, -0.05) is 6.07 Å². The highest BCUT2D eigenvalue weighted by atomic mass is 19.1. The molecular formula is C28H35FN4O4. The summed E-state index contributed by atoms with van der Waals surface area (Å²) in [6, 6.07) is 6.67. The Bertz CT molecular complexity index is 1140. The van der Waals surface area contributed by atoms with Crippen LogP contribution in [-0.4, -0.2) is 74.9 Å². The first-order chi connectivity index (χ1) is 18.0. The fraction of sp³-hybridized carbons (Fsp3) is 0.536. The van der Waals surface area contributed by atoms with Gasteiger partial charge in [0.25, 0.3) is 5.91 Å². The van der Waals surface area contributed by atoms with E-state index in [9.17, 15) is 14.0 Å². The number of hydrogen-bond donors (Lipinski definition) is 0. The number of carbonyl (C=O) groups is 2. The zero-order valence-corrected chi connectivity index (χ0v) is 21.6. The largest absolute Gasteiger partial charge is 0.447 e. The van der Waals surface area contributed by atoms with Gasteiger partial charge in [0.1, 0.15) is 18.2 Å². The molecule has 37 heavy (non-hydrogen) atoms. The van der Waals surface area contributed by atoms with Crippen molar-refractivity contribution in [3.63, 3.8) is 0 Å². The minimum atomic E-state index is -0.618. The van der Waals surface area contributed by atoms with Crippen LogP contribution in [0.1, 0.15) is 65.9 Å². The molecule has 0 atom stereocenters. The molecule has 3 heterocycles. The van der Waals surface area contributed by atoms with Gasteiger partial charge in [0.15, 0.2) is 0 Å². The minimum Gasteiger partial charge on any atom is -0.447 e. The molecule has 1 aromatic heterocycles. The molecule has 2 amide bonds. The van der Waals surface area contributed by atoms with Gasteiger partial charge in [-0.15, -0.1) is 0 Å². The number of nitrogens with zero attached hydrogens (tertiary/aromatic N) is 4. The van der Waals surface area contributed by atoms with Crippen LogP contribution in [0.3, 0.4) is 0 Å². The van der Waals surface area contributed by atoms with Crippen LogP contribution in [0.4, 0.5) is 20.7 Å². The predicted molar refractivity (Wildman–Crippen MR) is 139 cm³/mol. The molecule has 0 unspecified atom stereocenters. The number of pyridine rings is 1. The van der Waals surface area contributed by atoms with Crippen LogP contribution in [0.2, 0.25) is 0 Å². The van der Waals surface area contributed by atoms with Crippen LogP contribution in [0, 0.1) is 5.82 Å². The monoisotopic (exact) mass is 510 g/mol. The molecule has 198 valence electrons. The molecule has 2 aliphatic heterocycles. The molecule has 8 nitrogen and oxygen atoms in total. The van der Waals surface area contributed by atoms with Gasteiger partial charge in [0.2, 0.25) is 0 Å². The summed E-state index contributed by atoms with van der Waals surface area (Å²) < 4.78 is 24.2. The lowest BCUT2D eigenvalue weighted by molar-refractivity contribution is 0.0741. The highest BCUT2D eigenvalue weighted by Crippen LogP contribution is 2.47. The Kier molecular flexibility index (Phi) is 7.60. The van der Waals surface area contributed by atoms with E-state index in [1.807, 2.05) is 13.1 Å². The molecule has 4 aliphatic rings. The van der Waals surface area contributed by atoms with E-state index in [1.165, 1.54) is 53.8 Å². The van der Waals surface area contributed by atoms with Crippen molar-refractivity contribution >= 4 is 23.5 Å². The summed E-state index contributed by atoms with van der Waals surface area (Å²) in [6.07, 6.45) is 6.53. The fourth-order valence-electron chi connectivity index (χ4n) is 4.86. The molecule has 1 aromatic carbocycles. The van der Waals surface area contributed by atoms with Gasteiger partial charge in [-0.3, -0.25) is 9.69 Å². The van der Waals surface area contributed by atoms with Crippen LogP contribution in [0.5, 0.6) is 0 Å². The number of cyclic esters (lactones) is 1. The quantitative estimate of drug-likeness (QED) is 0.568. The third kappa shape index (κ3) is 5.71. The van der Waals surface area contributed by atoms with E-state index in [-0.39, 0.29) is 18.1 Å². The van der Waals surface area contributed by atoms with Crippen molar-refractivity contribution < 1.29 is 23.5 Å². The Morgan fingerprint density at radius 1 is 1.08 bits per heavy atom.